The van der Waals surface area contributed by atoms with E-state index in [4.69, 9.17) is 9.84 Å². The number of rotatable bonds is 4. The number of carboxylic acids is 1. The molecule has 2 rings (SSSR count). The molecule has 1 N–H and O–H groups in total. The molecule has 0 saturated heterocycles. The molecule has 1 aromatic carbocycles. The SMILES string of the molecule is Cc1ccc(Oc2c(C(=O)O)cccc2[N+](=O)[O-])cn1. The number of aromatic carboxylic acids is 1. The highest BCUT2D eigenvalue weighted by Crippen LogP contribution is 2.34. The topological polar surface area (TPSA) is 103 Å². The first-order valence-electron chi connectivity index (χ1n) is 5.60. The highest BCUT2D eigenvalue weighted by molar-refractivity contribution is 5.92. The molecule has 0 amide bonds. The van der Waals surface area contributed by atoms with E-state index in [0.29, 0.717) is 0 Å². The van der Waals surface area contributed by atoms with E-state index in [1.54, 1.807) is 19.1 Å². The van der Waals surface area contributed by atoms with Crippen molar-refractivity contribution in [3.63, 3.8) is 0 Å². The van der Waals surface area contributed by atoms with Gasteiger partial charge >= 0.3 is 11.7 Å². The fourth-order valence-corrected chi connectivity index (χ4v) is 1.58. The van der Waals surface area contributed by atoms with Gasteiger partial charge in [0.05, 0.1) is 11.1 Å². The van der Waals surface area contributed by atoms with Gasteiger partial charge < -0.3 is 9.84 Å². The van der Waals surface area contributed by atoms with Crippen LogP contribution < -0.4 is 4.74 Å². The number of ether oxygens (including phenoxy) is 1. The molecule has 7 nitrogen and oxygen atoms in total. The third kappa shape index (κ3) is 2.72. The van der Waals surface area contributed by atoms with E-state index in [1.807, 2.05) is 0 Å². The zero-order valence-electron chi connectivity index (χ0n) is 10.4. The van der Waals surface area contributed by atoms with Crippen molar-refractivity contribution in [2.24, 2.45) is 0 Å². The number of carbonyl (C=O) groups is 1. The summed E-state index contributed by atoms with van der Waals surface area (Å²) in [5, 5.41) is 20.0. The van der Waals surface area contributed by atoms with Crippen LogP contribution in [0.3, 0.4) is 0 Å². The van der Waals surface area contributed by atoms with E-state index in [-0.39, 0.29) is 17.1 Å². The standard InChI is InChI=1S/C13H10N2O5/c1-8-5-6-9(7-14-8)20-12-10(13(16)17)3-2-4-11(12)15(18)19/h2-7H,1H3,(H,16,17). The smallest absolute Gasteiger partial charge is 0.339 e. The lowest BCUT2D eigenvalue weighted by molar-refractivity contribution is -0.385. The summed E-state index contributed by atoms with van der Waals surface area (Å²) in [6.45, 7) is 1.78. The molecule has 0 aliphatic rings. The second-order valence-electron chi connectivity index (χ2n) is 3.95. The van der Waals surface area contributed by atoms with Crippen molar-refractivity contribution in [3.05, 3.63) is 57.9 Å². The molecule has 1 aromatic heterocycles. The molecular formula is C13H10N2O5. The number of nitrogens with zero attached hydrogens (tertiary/aromatic N) is 2. The molecule has 7 heteroatoms. The maximum absolute atomic E-state index is 11.1. The summed E-state index contributed by atoms with van der Waals surface area (Å²) in [5.41, 5.74) is 0.0589. The van der Waals surface area contributed by atoms with Crippen molar-refractivity contribution in [1.82, 2.24) is 4.98 Å². The monoisotopic (exact) mass is 274 g/mol. The number of nitro groups is 1. The van der Waals surface area contributed by atoms with Gasteiger partial charge in [-0.05, 0) is 25.1 Å². The minimum absolute atomic E-state index is 0.229. The zero-order valence-corrected chi connectivity index (χ0v) is 10.4. The van der Waals surface area contributed by atoms with E-state index in [0.717, 1.165) is 5.69 Å². The van der Waals surface area contributed by atoms with Crippen molar-refractivity contribution in [1.29, 1.82) is 0 Å². The molecule has 102 valence electrons. The Labute approximate surface area is 113 Å². The predicted octanol–water partition coefficient (Wildman–Crippen LogP) is 2.79. The van der Waals surface area contributed by atoms with E-state index >= 15 is 0 Å². The molecule has 20 heavy (non-hydrogen) atoms. The molecule has 1 heterocycles. The molecule has 2 aromatic rings. The van der Waals surface area contributed by atoms with Crippen LogP contribution in [0, 0.1) is 17.0 Å². The van der Waals surface area contributed by atoms with Gasteiger partial charge in [0.25, 0.3) is 0 Å². The lowest BCUT2D eigenvalue weighted by Crippen LogP contribution is -2.03. The number of benzene rings is 1. The molecule has 0 atom stereocenters. The van der Waals surface area contributed by atoms with Gasteiger partial charge in [-0.25, -0.2) is 4.79 Å². The summed E-state index contributed by atoms with van der Waals surface area (Å²) in [6, 6.07) is 6.94. The second kappa shape index (κ2) is 5.35. The van der Waals surface area contributed by atoms with Crippen LogP contribution >= 0.6 is 0 Å². The van der Waals surface area contributed by atoms with Crippen LogP contribution in [-0.2, 0) is 0 Å². The fraction of sp³-hybridized carbons (Fsp3) is 0.0769. The average molecular weight is 274 g/mol. The summed E-state index contributed by atoms with van der Waals surface area (Å²) >= 11 is 0. The summed E-state index contributed by atoms with van der Waals surface area (Å²) in [6.07, 6.45) is 1.37. The van der Waals surface area contributed by atoms with E-state index < -0.39 is 16.6 Å². The predicted molar refractivity (Wildman–Crippen MR) is 69.1 cm³/mol. The van der Waals surface area contributed by atoms with E-state index in [1.165, 1.54) is 24.4 Å². The molecular weight excluding hydrogens is 264 g/mol. The summed E-state index contributed by atoms with van der Waals surface area (Å²) in [4.78, 5) is 25.4. The maximum Gasteiger partial charge on any atom is 0.339 e. The number of aryl methyl sites for hydroxylation is 1. The summed E-state index contributed by atoms with van der Waals surface area (Å²) < 4.78 is 5.33. The van der Waals surface area contributed by atoms with Crippen LogP contribution in [-0.4, -0.2) is 21.0 Å². The molecule has 0 bridgehead atoms. The molecule has 0 unspecified atom stereocenters. The van der Waals surface area contributed by atoms with Crippen molar-refractivity contribution in [3.8, 4) is 11.5 Å². The third-order valence-electron chi connectivity index (χ3n) is 2.53. The Balaban J connectivity index is 2.50. The normalized spacial score (nSPS) is 10.1. The molecule has 0 aliphatic carbocycles. The minimum atomic E-state index is -1.30. The Hall–Kier alpha value is -2.96. The minimum Gasteiger partial charge on any atom is -0.478 e. The molecule has 0 aliphatic heterocycles. The van der Waals surface area contributed by atoms with Gasteiger partial charge in [-0.2, -0.15) is 0 Å². The van der Waals surface area contributed by atoms with Gasteiger partial charge in [-0.15, -0.1) is 0 Å². The van der Waals surface area contributed by atoms with Gasteiger partial charge in [0, 0.05) is 11.8 Å². The first-order chi connectivity index (χ1) is 9.49. The van der Waals surface area contributed by atoms with Gasteiger partial charge in [-0.3, -0.25) is 15.1 Å². The second-order valence-corrected chi connectivity index (χ2v) is 3.95. The third-order valence-corrected chi connectivity index (χ3v) is 2.53. The highest BCUT2D eigenvalue weighted by atomic mass is 16.6. The number of pyridine rings is 1. The quantitative estimate of drug-likeness (QED) is 0.679. The maximum atomic E-state index is 11.1. The highest BCUT2D eigenvalue weighted by Gasteiger charge is 2.23. The lowest BCUT2D eigenvalue weighted by atomic mass is 10.1. The van der Waals surface area contributed by atoms with Crippen molar-refractivity contribution >= 4 is 11.7 Å². The van der Waals surface area contributed by atoms with Gasteiger partial charge in [0.15, 0.2) is 0 Å². The Morgan fingerprint density at radius 1 is 1.35 bits per heavy atom. The van der Waals surface area contributed by atoms with Crippen LogP contribution in [0.4, 0.5) is 5.69 Å². The number of hydrogen-bond acceptors (Lipinski definition) is 5. The average Bonchev–Trinajstić information content (AvgIpc) is 2.41. The first-order valence-corrected chi connectivity index (χ1v) is 5.60. The largest absolute Gasteiger partial charge is 0.478 e. The molecule has 0 radical (unpaired) electrons. The Kier molecular flexibility index (Phi) is 3.60. The van der Waals surface area contributed by atoms with E-state index in [2.05, 4.69) is 4.98 Å². The molecule has 0 saturated carbocycles. The first kappa shape index (κ1) is 13.5. The summed E-state index contributed by atoms with van der Waals surface area (Å²) in [5.74, 6) is -1.38. The van der Waals surface area contributed by atoms with E-state index in [9.17, 15) is 14.9 Å². The van der Waals surface area contributed by atoms with Crippen LogP contribution in [0.2, 0.25) is 0 Å². The number of hydrogen-bond donors (Lipinski definition) is 1. The van der Waals surface area contributed by atoms with Crippen molar-refractivity contribution in [2.45, 2.75) is 6.92 Å². The van der Waals surface area contributed by atoms with Gasteiger partial charge in [0.2, 0.25) is 5.75 Å². The number of carboxylic acid groups (broad SMARTS) is 1. The fourth-order valence-electron chi connectivity index (χ4n) is 1.58. The van der Waals surface area contributed by atoms with Crippen LogP contribution in [0.1, 0.15) is 16.1 Å². The molecule has 0 spiro atoms. The van der Waals surface area contributed by atoms with Gasteiger partial charge in [-0.1, -0.05) is 6.07 Å². The zero-order chi connectivity index (χ0) is 14.7. The Morgan fingerprint density at radius 2 is 2.10 bits per heavy atom. The van der Waals surface area contributed by atoms with Crippen LogP contribution in [0.5, 0.6) is 11.5 Å². The Morgan fingerprint density at radius 3 is 2.65 bits per heavy atom. The number of aromatic nitrogens is 1. The van der Waals surface area contributed by atoms with Crippen LogP contribution in [0.25, 0.3) is 0 Å². The lowest BCUT2D eigenvalue weighted by Gasteiger charge is -2.08. The Bertz CT molecular complexity index is 635. The van der Waals surface area contributed by atoms with Crippen molar-refractivity contribution in [2.75, 3.05) is 0 Å². The summed E-state index contributed by atoms with van der Waals surface area (Å²) in [7, 11) is 0. The molecule has 0 fully saturated rings. The van der Waals surface area contributed by atoms with Gasteiger partial charge in [0.1, 0.15) is 11.3 Å². The number of para-hydroxylation sites is 1. The van der Waals surface area contributed by atoms with Crippen molar-refractivity contribution < 1.29 is 19.6 Å². The van der Waals surface area contributed by atoms with Crippen LogP contribution in [0.15, 0.2) is 36.5 Å². The number of nitro benzene ring substituents is 1.